The van der Waals surface area contributed by atoms with Crippen molar-refractivity contribution in [2.75, 3.05) is 25.1 Å². The van der Waals surface area contributed by atoms with E-state index in [-0.39, 0.29) is 6.61 Å². The van der Waals surface area contributed by atoms with Gasteiger partial charge in [0.2, 0.25) is 0 Å². The highest BCUT2D eigenvalue weighted by Crippen LogP contribution is 2.25. The molecule has 0 heterocycles. The number of rotatable bonds is 10. The zero-order chi connectivity index (χ0) is 23.8. The second-order valence-corrected chi connectivity index (χ2v) is 8.69. The van der Waals surface area contributed by atoms with Crippen LogP contribution < -0.4 is 11.1 Å². The van der Waals surface area contributed by atoms with E-state index in [1.54, 1.807) is 30.3 Å². The Morgan fingerprint density at radius 2 is 1.55 bits per heavy atom. The van der Waals surface area contributed by atoms with Crippen LogP contribution in [0.2, 0.25) is 10.0 Å². The van der Waals surface area contributed by atoms with E-state index in [4.69, 9.17) is 33.7 Å². The summed E-state index contributed by atoms with van der Waals surface area (Å²) in [5.41, 5.74) is 8.36. The van der Waals surface area contributed by atoms with Crippen LogP contribution in [0.4, 0.5) is 11.4 Å². The summed E-state index contributed by atoms with van der Waals surface area (Å²) in [4.78, 5) is 12.6. The largest absolute Gasteiger partial charge is 0.460 e. The zero-order valence-electron chi connectivity index (χ0n) is 17.9. The number of para-hydroxylation sites is 1. The summed E-state index contributed by atoms with van der Waals surface area (Å²) in [6.45, 7) is -1.32. The monoisotopic (exact) mass is 488 g/mol. The van der Waals surface area contributed by atoms with Crippen LogP contribution in [0.5, 0.6) is 0 Å². The number of aliphatic hydroxyl groups is 2. The van der Waals surface area contributed by atoms with Gasteiger partial charge in [0.15, 0.2) is 0 Å². The molecule has 3 aromatic rings. The maximum Gasteiger partial charge on any atom is 0.340 e. The van der Waals surface area contributed by atoms with Gasteiger partial charge >= 0.3 is 5.97 Å². The second-order valence-electron chi connectivity index (χ2n) is 7.87. The molecular formula is C25H26Cl2N2O4. The minimum Gasteiger partial charge on any atom is -0.460 e. The lowest BCUT2D eigenvalue weighted by Gasteiger charge is -2.24. The third-order valence-electron chi connectivity index (χ3n) is 5.19. The third-order valence-corrected chi connectivity index (χ3v) is 5.93. The van der Waals surface area contributed by atoms with Gasteiger partial charge in [-0.1, -0.05) is 53.5 Å². The molecule has 3 rings (SSSR count). The van der Waals surface area contributed by atoms with Crippen molar-refractivity contribution in [3.05, 3.63) is 93.5 Å². The minimum atomic E-state index is -1.38. The number of ether oxygens (including phenoxy) is 1. The molecule has 33 heavy (non-hydrogen) atoms. The second kappa shape index (κ2) is 11.5. The molecule has 174 valence electrons. The van der Waals surface area contributed by atoms with Crippen LogP contribution in [-0.2, 0) is 17.6 Å². The Bertz CT molecular complexity index is 1090. The zero-order valence-corrected chi connectivity index (χ0v) is 19.4. The van der Waals surface area contributed by atoms with E-state index in [9.17, 15) is 15.0 Å². The Kier molecular flexibility index (Phi) is 8.72. The van der Waals surface area contributed by atoms with E-state index in [1.165, 1.54) is 0 Å². The summed E-state index contributed by atoms with van der Waals surface area (Å²) in [5, 5.41) is 22.9. The first-order valence-electron chi connectivity index (χ1n) is 10.4. The minimum absolute atomic E-state index is 0.305. The Morgan fingerprint density at radius 3 is 2.21 bits per heavy atom. The highest BCUT2D eigenvalue weighted by molar-refractivity contribution is 6.42. The fourth-order valence-electron chi connectivity index (χ4n) is 3.09. The molecule has 5 N–H and O–H groups in total. The molecule has 8 heteroatoms. The highest BCUT2D eigenvalue weighted by Gasteiger charge is 2.26. The third kappa shape index (κ3) is 6.93. The molecule has 0 spiro atoms. The fourth-order valence-corrected chi connectivity index (χ4v) is 3.41. The number of nitrogens with two attached hydrogens (primary N) is 1. The number of carbonyl (C=O) groups excluding carboxylic acids is 1. The number of carbonyl (C=O) groups is 1. The summed E-state index contributed by atoms with van der Waals surface area (Å²) in [7, 11) is 0. The molecule has 0 saturated carbocycles. The van der Waals surface area contributed by atoms with Gasteiger partial charge in [-0.25, -0.2) is 4.79 Å². The van der Waals surface area contributed by atoms with Gasteiger partial charge < -0.3 is 26.0 Å². The van der Waals surface area contributed by atoms with Gasteiger partial charge in [0.25, 0.3) is 0 Å². The number of anilines is 2. The molecule has 0 atom stereocenters. The van der Waals surface area contributed by atoms with Crippen molar-refractivity contribution in [2.45, 2.75) is 18.4 Å². The quantitative estimate of drug-likeness (QED) is 0.316. The number of aryl methyl sites for hydroxylation is 2. The summed E-state index contributed by atoms with van der Waals surface area (Å²) in [6, 6.07) is 20.5. The Balaban J connectivity index is 1.63. The number of benzene rings is 3. The van der Waals surface area contributed by atoms with Gasteiger partial charge in [-0.3, -0.25) is 0 Å². The molecule has 3 aromatic carbocycles. The average molecular weight is 489 g/mol. The number of nitrogens with one attached hydrogen (secondary N) is 1. The molecule has 0 radical (unpaired) electrons. The lowest BCUT2D eigenvalue weighted by Crippen LogP contribution is -2.51. The van der Waals surface area contributed by atoms with E-state index in [2.05, 4.69) is 5.32 Å². The topological polar surface area (TPSA) is 105 Å². The van der Waals surface area contributed by atoms with Crippen molar-refractivity contribution in [3.63, 3.8) is 0 Å². The van der Waals surface area contributed by atoms with Crippen molar-refractivity contribution in [2.24, 2.45) is 5.73 Å². The Labute approximate surface area is 202 Å². The smallest absolute Gasteiger partial charge is 0.340 e. The van der Waals surface area contributed by atoms with E-state index in [0.717, 1.165) is 29.7 Å². The average Bonchev–Trinajstić information content (AvgIpc) is 2.84. The predicted octanol–water partition coefficient (Wildman–Crippen LogP) is 4.36. The number of esters is 1. The van der Waals surface area contributed by atoms with Gasteiger partial charge in [-0.15, -0.1) is 0 Å². The van der Waals surface area contributed by atoms with Gasteiger partial charge in [0, 0.05) is 5.69 Å². The molecule has 0 aliphatic rings. The summed E-state index contributed by atoms with van der Waals surface area (Å²) < 4.78 is 5.22. The first kappa shape index (κ1) is 25.0. The maximum atomic E-state index is 12.6. The first-order valence-corrected chi connectivity index (χ1v) is 11.2. The predicted molar refractivity (Wildman–Crippen MR) is 131 cm³/mol. The van der Waals surface area contributed by atoms with Gasteiger partial charge in [-0.2, -0.15) is 0 Å². The first-order chi connectivity index (χ1) is 15.8. The Hall–Kier alpha value is -2.61. The molecule has 0 unspecified atom stereocenters. The van der Waals surface area contributed by atoms with Crippen molar-refractivity contribution in [1.82, 2.24) is 0 Å². The number of aliphatic hydroxyl groups excluding tert-OH is 2. The van der Waals surface area contributed by atoms with Crippen LogP contribution in [0, 0.1) is 0 Å². The molecule has 0 bridgehead atoms. The molecule has 6 nitrogen and oxygen atoms in total. The van der Waals surface area contributed by atoms with Crippen LogP contribution in [0.25, 0.3) is 0 Å². The maximum absolute atomic E-state index is 12.6. The standard InChI is InChI=1S/C25H26Cl2N2O4/c26-21-12-9-18(13-22(21)27)6-5-17-7-10-19(11-8-17)29-23-4-2-1-3-20(23)24(32)33-16-25(28,14-30)15-31/h1-4,7-13,29-31H,5-6,14-16,28H2. The van der Waals surface area contributed by atoms with E-state index in [1.807, 2.05) is 36.4 Å². The molecular weight excluding hydrogens is 463 g/mol. The molecule has 0 aliphatic heterocycles. The molecule has 0 aliphatic carbocycles. The van der Waals surface area contributed by atoms with E-state index >= 15 is 0 Å². The van der Waals surface area contributed by atoms with Crippen molar-refractivity contribution < 1.29 is 19.7 Å². The van der Waals surface area contributed by atoms with Crippen molar-refractivity contribution in [3.8, 4) is 0 Å². The summed E-state index contributed by atoms with van der Waals surface area (Å²) in [5.74, 6) is -0.604. The van der Waals surface area contributed by atoms with Gasteiger partial charge in [-0.05, 0) is 60.4 Å². The lowest BCUT2D eigenvalue weighted by atomic mass is 10.0. The summed E-state index contributed by atoms with van der Waals surface area (Å²) in [6.07, 6.45) is 1.68. The van der Waals surface area contributed by atoms with E-state index in [0.29, 0.717) is 21.3 Å². The lowest BCUT2D eigenvalue weighted by molar-refractivity contribution is 0.0211. The van der Waals surface area contributed by atoms with Gasteiger partial charge in [0.1, 0.15) is 6.61 Å². The van der Waals surface area contributed by atoms with Crippen LogP contribution in [0.3, 0.4) is 0 Å². The molecule has 0 aromatic heterocycles. The number of halogens is 2. The number of hydrogen-bond donors (Lipinski definition) is 4. The van der Waals surface area contributed by atoms with Crippen LogP contribution in [0.15, 0.2) is 66.7 Å². The van der Waals surface area contributed by atoms with Crippen LogP contribution >= 0.6 is 23.2 Å². The number of hydrogen-bond acceptors (Lipinski definition) is 6. The SMILES string of the molecule is NC(CO)(CO)COC(=O)c1ccccc1Nc1ccc(CCc2ccc(Cl)c(Cl)c2)cc1. The summed E-state index contributed by atoms with van der Waals surface area (Å²) >= 11 is 12.1. The molecule has 0 amide bonds. The van der Waals surface area contributed by atoms with Crippen molar-refractivity contribution >= 4 is 40.5 Å². The van der Waals surface area contributed by atoms with Crippen LogP contribution in [0.1, 0.15) is 21.5 Å². The normalized spacial score (nSPS) is 11.3. The van der Waals surface area contributed by atoms with Gasteiger partial charge in [0.05, 0.1) is 40.0 Å². The fraction of sp³-hybridized carbons (Fsp3) is 0.240. The van der Waals surface area contributed by atoms with Crippen molar-refractivity contribution in [1.29, 1.82) is 0 Å². The highest BCUT2D eigenvalue weighted by atomic mass is 35.5. The molecule has 0 saturated heterocycles. The Morgan fingerprint density at radius 1 is 0.909 bits per heavy atom. The van der Waals surface area contributed by atoms with Crippen LogP contribution in [-0.4, -0.2) is 41.5 Å². The van der Waals surface area contributed by atoms with E-state index < -0.39 is 24.7 Å². The molecule has 0 fully saturated rings.